The predicted octanol–water partition coefficient (Wildman–Crippen LogP) is 6.34. The van der Waals surface area contributed by atoms with Gasteiger partial charge in [-0.3, -0.25) is 0 Å². The molecule has 210 valence electrons. The molecule has 5 nitrogen and oxygen atoms in total. The molecule has 41 heavy (non-hydrogen) atoms. The first kappa shape index (κ1) is 28.8. The Morgan fingerprint density at radius 3 is 1.80 bits per heavy atom. The highest BCUT2D eigenvalue weighted by Crippen LogP contribution is 2.47. The van der Waals surface area contributed by atoms with Crippen LogP contribution in [0.5, 0.6) is 0 Å². The highest BCUT2D eigenvalue weighted by molar-refractivity contribution is 8.22. The summed E-state index contributed by atoms with van der Waals surface area (Å²) in [5, 5.41) is 14.9. The summed E-state index contributed by atoms with van der Waals surface area (Å²) in [6.45, 7) is 8.14. The fourth-order valence-electron chi connectivity index (χ4n) is 5.77. The standard InChI is InChI=1S/C34H34NO4PS/c1-21-13-15-23(3)31(17-21)40(41,32-18-22(2)14-16-24(32)4)20-30(33(36)37)35-34(38)39-19-29-27-11-7-5-9-25(27)26-10-6-8-12-28(26)29/h5-18,29-30H,19-20H2,1-4H3,(H,35,38)(H,36,37)/t30-/m1/s1. The van der Waals surface area contributed by atoms with Gasteiger partial charge in [0.15, 0.2) is 0 Å². The first-order valence-electron chi connectivity index (χ1n) is 13.7. The maximum atomic E-state index is 13.1. The third-order valence-electron chi connectivity index (χ3n) is 7.88. The molecule has 0 fully saturated rings. The highest BCUT2D eigenvalue weighted by atomic mass is 32.4. The van der Waals surface area contributed by atoms with E-state index in [0.29, 0.717) is 0 Å². The van der Waals surface area contributed by atoms with Crippen molar-refractivity contribution in [2.45, 2.75) is 39.7 Å². The molecule has 0 saturated carbocycles. The Kier molecular flexibility index (Phi) is 8.17. The molecule has 0 aliphatic heterocycles. The Hall–Kier alpha value is -3.73. The molecule has 4 aromatic carbocycles. The lowest BCUT2D eigenvalue weighted by Crippen LogP contribution is -2.45. The van der Waals surface area contributed by atoms with Gasteiger partial charge in [0, 0.05) is 18.1 Å². The van der Waals surface area contributed by atoms with Gasteiger partial charge in [-0.25, -0.2) is 9.59 Å². The molecule has 0 radical (unpaired) electrons. The maximum Gasteiger partial charge on any atom is 0.407 e. The fourth-order valence-corrected chi connectivity index (χ4v) is 10.9. The van der Waals surface area contributed by atoms with E-state index in [9.17, 15) is 14.7 Å². The Balaban J connectivity index is 1.41. The van der Waals surface area contributed by atoms with Crippen LogP contribution in [0.2, 0.25) is 0 Å². The molecular formula is C34H34NO4PS. The second-order valence-corrected chi connectivity index (χ2v) is 15.5. The van der Waals surface area contributed by atoms with Gasteiger partial charge in [-0.1, -0.05) is 108 Å². The lowest BCUT2D eigenvalue weighted by Gasteiger charge is -2.30. The Bertz CT molecular complexity index is 1600. The number of hydrogen-bond acceptors (Lipinski definition) is 4. The van der Waals surface area contributed by atoms with E-state index in [4.69, 9.17) is 16.5 Å². The molecule has 0 saturated heterocycles. The number of ether oxygens (including phenoxy) is 1. The number of carboxylic acids is 1. The zero-order chi connectivity index (χ0) is 29.3. The summed E-state index contributed by atoms with van der Waals surface area (Å²) in [6.07, 6.45) is -0.668. The second kappa shape index (κ2) is 11.6. The van der Waals surface area contributed by atoms with Crippen LogP contribution in [0.1, 0.15) is 39.3 Å². The number of fused-ring (bicyclic) bond motifs is 3. The first-order chi connectivity index (χ1) is 19.6. The number of amides is 1. The minimum atomic E-state index is -2.66. The molecule has 2 N–H and O–H groups in total. The molecule has 0 heterocycles. The first-order valence-corrected chi connectivity index (χ1v) is 16.7. The monoisotopic (exact) mass is 583 g/mol. The Morgan fingerprint density at radius 1 is 0.829 bits per heavy atom. The zero-order valence-corrected chi connectivity index (χ0v) is 25.4. The van der Waals surface area contributed by atoms with E-state index in [1.54, 1.807) is 0 Å². The van der Waals surface area contributed by atoms with Crippen molar-refractivity contribution in [1.82, 2.24) is 5.32 Å². The summed E-state index contributed by atoms with van der Waals surface area (Å²) < 4.78 is 5.70. The Morgan fingerprint density at radius 2 is 1.32 bits per heavy atom. The van der Waals surface area contributed by atoms with Crippen molar-refractivity contribution in [3.8, 4) is 11.1 Å². The molecule has 1 aliphatic carbocycles. The number of carbonyl (C=O) groups is 2. The third-order valence-corrected chi connectivity index (χ3v) is 12.9. The quantitative estimate of drug-likeness (QED) is 0.237. The lowest BCUT2D eigenvalue weighted by atomic mass is 9.98. The van der Waals surface area contributed by atoms with Crippen LogP contribution in [-0.2, 0) is 21.3 Å². The summed E-state index contributed by atoms with van der Waals surface area (Å²) in [4.78, 5) is 25.7. The van der Waals surface area contributed by atoms with E-state index in [0.717, 1.165) is 55.1 Å². The van der Waals surface area contributed by atoms with Crippen LogP contribution in [0, 0.1) is 27.7 Å². The topological polar surface area (TPSA) is 75.6 Å². The average molecular weight is 584 g/mol. The van der Waals surface area contributed by atoms with E-state index in [-0.39, 0.29) is 18.7 Å². The molecule has 0 spiro atoms. The van der Waals surface area contributed by atoms with Gasteiger partial charge >= 0.3 is 12.1 Å². The van der Waals surface area contributed by atoms with E-state index in [1.165, 1.54) is 0 Å². The van der Waals surface area contributed by atoms with Gasteiger partial charge in [-0.05, 0) is 71.7 Å². The van der Waals surface area contributed by atoms with Crippen molar-refractivity contribution in [2.24, 2.45) is 0 Å². The predicted molar refractivity (Wildman–Crippen MR) is 170 cm³/mol. The summed E-state index contributed by atoms with van der Waals surface area (Å²) in [6, 6.07) is 24.6. The molecule has 1 amide bonds. The van der Waals surface area contributed by atoms with Gasteiger partial charge in [-0.15, -0.1) is 0 Å². The molecule has 0 bridgehead atoms. The van der Waals surface area contributed by atoms with Crippen molar-refractivity contribution in [3.63, 3.8) is 0 Å². The van der Waals surface area contributed by atoms with Crippen LogP contribution in [-0.4, -0.2) is 36.0 Å². The van der Waals surface area contributed by atoms with Gasteiger partial charge in [0.1, 0.15) is 12.6 Å². The van der Waals surface area contributed by atoms with Crippen LogP contribution in [0.3, 0.4) is 0 Å². The van der Waals surface area contributed by atoms with E-state index < -0.39 is 24.1 Å². The number of hydrogen-bond donors (Lipinski definition) is 2. The smallest absolute Gasteiger partial charge is 0.407 e. The fraction of sp³-hybridized carbons (Fsp3) is 0.235. The van der Waals surface area contributed by atoms with E-state index in [1.807, 2.05) is 88.4 Å². The molecule has 7 heteroatoms. The van der Waals surface area contributed by atoms with E-state index in [2.05, 4.69) is 29.6 Å². The number of carboxylic acid groups (broad SMARTS) is 1. The van der Waals surface area contributed by atoms with Crippen molar-refractivity contribution in [2.75, 3.05) is 12.8 Å². The number of benzene rings is 4. The largest absolute Gasteiger partial charge is 0.480 e. The number of aliphatic carboxylic acids is 1. The van der Waals surface area contributed by atoms with Gasteiger partial charge < -0.3 is 15.2 Å². The van der Waals surface area contributed by atoms with Gasteiger partial charge in [0.25, 0.3) is 0 Å². The van der Waals surface area contributed by atoms with Crippen molar-refractivity contribution in [3.05, 3.63) is 118 Å². The molecular weight excluding hydrogens is 549 g/mol. The van der Waals surface area contributed by atoms with E-state index >= 15 is 0 Å². The molecule has 4 aromatic rings. The molecule has 5 rings (SSSR count). The summed E-state index contributed by atoms with van der Waals surface area (Å²) >= 11 is 6.47. The van der Waals surface area contributed by atoms with Crippen molar-refractivity contribution < 1.29 is 19.4 Å². The number of alkyl carbamates (subject to hydrolysis) is 1. The summed E-state index contributed by atoms with van der Waals surface area (Å²) in [5.41, 5.74) is 8.60. The number of rotatable bonds is 8. The highest BCUT2D eigenvalue weighted by Gasteiger charge is 2.34. The average Bonchev–Trinajstić information content (AvgIpc) is 3.27. The van der Waals surface area contributed by atoms with Crippen LogP contribution in [0.4, 0.5) is 4.79 Å². The SMILES string of the molecule is Cc1ccc(C)c(P(=S)(C[C@@H](NC(=O)OCC2c3ccccc3-c3ccccc32)C(=O)O)c2cc(C)ccc2C)c1. The van der Waals surface area contributed by atoms with Crippen LogP contribution in [0.25, 0.3) is 11.1 Å². The minimum Gasteiger partial charge on any atom is -0.480 e. The van der Waals surface area contributed by atoms with Crippen molar-refractivity contribution >= 4 is 40.5 Å². The molecule has 0 aromatic heterocycles. The number of carbonyl (C=O) groups excluding carboxylic acids is 1. The van der Waals surface area contributed by atoms with Crippen LogP contribution < -0.4 is 15.9 Å². The molecule has 1 aliphatic rings. The zero-order valence-electron chi connectivity index (χ0n) is 23.7. The number of aryl methyl sites for hydroxylation is 4. The molecule has 0 unspecified atom stereocenters. The maximum absolute atomic E-state index is 13.1. The third kappa shape index (κ3) is 5.72. The van der Waals surface area contributed by atoms with Gasteiger partial charge in [-0.2, -0.15) is 0 Å². The Labute approximate surface area is 246 Å². The van der Waals surface area contributed by atoms with Crippen molar-refractivity contribution in [1.29, 1.82) is 0 Å². The van der Waals surface area contributed by atoms with Gasteiger partial charge in [0.2, 0.25) is 0 Å². The second-order valence-electron chi connectivity index (χ2n) is 10.9. The van der Waals surface area contributed by atoms with Crippen LogP contribution in [0.15, 0.2) is 84.9 Å². The summed E-state index contributed by atoms with van der Waals surface area (Å²) in [5.74, 6) is -1.25. The minimum absolute atomic E-state index is 0.0937. The van der Waals surface area contributed by atoms with Gasteiger partial charge in [0.05, 0.1) is 0 Å². The number of nitrogens with one attached hydrogen (secondary N) is 1. The normalized spacial score (nSPS) is 13.3. The summed E-state index contributed by atoms with van der Waals surface area (Å²) in [7, 11) is 0. The van der Waals surface area contributed by atoms with Crippen LogP contribution >= 0.6 is 6.04 Å². The lowest BCUT2D eigenvalue weighted by molar-refractivity contribution is -0.138. The molecule has 1 atom stereocenters.